The van der Waals surface area contributed by atoms with Crippen molar-refractivity contribution < 1.29 is 9.90 Å². The third-order valence-corrected chi connectivity index (χ3v) is 5.06. The minimum absolute atomic E-state index is 0.339. The van der Waals surface area contributed by atoms with E-state index in [-0.39, 0.29) is 0 Å². The second-order valence-corrected chi connectivity index (χ2v) is 7.01. The predicted octanol–water partition coefficient (Wildman–Crippen LogP) is 5.14. The summed E-state index contributed by atoms with van der Waals surface area (Å²) in [6, 6.07) is 0.755. The number of rotatable bonds is 14. The van der Waals surface area contributed by atoms with E-state index < -0.39 is 5.97 Å². The number of hydrogen-bond donors (Lipinski definition) is 2. The second-order valence-electron chi connectivity index (χ2n) is 7.01. The third-order valence-electron chi connectivity index (χ3n) is 5.06. The number of carboxylic acids is 1. The van der Waals surface area contributed by atoms with Gasteiger partial charge in [0.2, 0.25) is 0 Å². The summed E-state index contributed by atoms with van der Waals surface area (Å²) in [6.07, 6.45) is 17.0. The molecule has 1 aliphatic carbocycles. The average Bonchev–Trinajstić information content (AvgIpc) is 2.93. The first-order valence-corrected chi connectivity index (χ1v) is 9.69. The first kappa shape index (κ1) is 19.5. The van der Waals surface area contributed by atoms with Gasteiger partial charge in [0.15, 0.2) is 0 Å². The van der Waals surface area contributed by atoms with Gasteiger partial charge in [0.25, 0.3) is 0 Å². The van der Waals surface area contributed by atoms with E-state index in [1.807, 2.05) is 0 Å². The molecule has 3 heteroatoms. The maximum Gasteiger partial charge on any atom is 0.303 e. The minimum Gasteiger partial charge on any atom is -0.481 e. The Morgan fingerprint density at radius 3 is 2.50 bits per heavy atom. The lowest BCUT2D eigenvalue weighted by molar-refractivity contribution is -0.137. The van der Waals surface area contributed by atoms with Gasteiger partial charge in [0.1, 0.15) is 0 Å². The lowest BCUT2D eigenvalue weighted by Crippen LogP contribution is -2.33. The van der Waals surface area contributed by atoms with E-state index in [4.69, 9.17) is 5.11 Å². The summed E-state index contributed by atoms with van der Waals surface area (Å²) in [5, 5.41) is 12.4. The Hall–Kier alpha value is -0.570. The Morgan fingerprint density at radius 2 is 1.73 bits per heavy atom. The highest BCUT2D eigenvalue weighted by Crippen LogP contribution is 2.30. The molecule has 0 radical (unpaired) electrons. The number of hydrogen-bond acceptors (Lipinski definition) is 2. The number of carbonyl (C=O) groups is 1. The monoisotopic (exact) mass is 311 g/mol. The van der Waals surface area contributed by atoms with Gasteiger partial charge >= 0.3 is 5.97 Å². The van der Waals surface area contributed by atoms with Crippen LogP contribution in [0, 0.1) is 5.92 Å². The predicted molar refractivity (Wildman–Crippen MR) is 93.2 cm³/mol. The first-order chi connectivity index (χ1) is 10.7. The van der Waals surface area contributed by atoms with Crippen molar-refractivity contribution in [2.45, 2.75) is 103 Å². The molecule has 1 unspecified atom stereocenters. The van der Waals surface area contributed by atoms with Crippen LogP contribution in [0.4, 0.5) is 0 Å². The Labute approximate surface area is 137 Å². The lowest BCUT2D eigenvalue weighted by atomic mass is 9.95. The van der Waals surface area contributed by atoms with Gasteiger partial charge in [-0.1, -0.05) is 58.3 Å². The number of unbranched alkanes of at least 4 members (excludes halogenated alkanes) is 7. The van der Waals surface area contributed by atoms with E-state index in [1.165, 1.54) is 77.2 Å². The highest BCUT2D eigenvalue weighted by atomic mass is 16.4. The molecular weight excluding hydrogens is 274 g/mol. The first-order valence-electron chi connectivity index (χ1n) is 9.69. The summed E-state index contributed by atoms with van der Waals surface area (Å²) in [6.45, 7) is 3.46. The summed E-state index contributed by atoms with van der Waals surface area (Å²) < 4.78 is 0. The third kappa shape index (κ3) is 9.45. The van der Waals surface area contributed by atoms with Gasteiger partial charge in [0.05, 0.1) is 0 Å². The summed E-state index contributed by atoms with van der Waals surface area (Å²) in [7, 11) is 0. The molecule has 1 aliphatic rings. The summed E-state index contributed by atoms with van der Waals surface area (Å²) in [5.74, 6) is 0.217. The number of nitrogens with one attached hydrogen (secondary N) is 1. The Kier molecular flexibility index (Phi) is 11.4. The van der Waals surface area contributed by atoms with Crippen molar-refractivity contribution in [2.24, 2.45) is 5.92 Å². The van der Waals surface area contributed by atoms with E-state index >= 15 is 0 Å². The SMILES string of the molecule is CCCCCCCNC1CCC[C@@H]1CCCCCCC(=O)O. The van der Waals surface area contributed by atoms with Crippen molar-refractivity contribution in [3.05, 3.63) is 0 Å². The molecule has 1 saturated carbocycles. The van der Waals surface area contributed by atoms with Crippen molar-refractivity contribution in [2.75, 3.05) is 6.54 Å². The highest BCUT2D eigenvalue weighted by molar-refractivity contribution is 5.66. The van der Waals surface area contributed by atoms with Gasteiger partial charge in [-0.15, -0.1) is 0 Å². The van der Waals surface area contributed by atoms with Crippen LogP contribution in [-0.2, 0) is 4.79 Å². The van der Waals surface area contributed by atoms with Crippen LogP contribution in [0.25, 0.3) is 0 Å². The minimum atomic E-state index is -0.654. The molecule has 0 amide bonds. The van der Waals surface area contributed by atoms with Gasteiger partial charge in [-0.3, -0.25) is 4.79 Å². The molecule has 0 heterocycles. The van der Waals surface area contributed by atoms with Crippen LogP contribution in [-0.4, -0.2) is 23.7 Å². The summed E-state index contributed by atoms with van der Waals surface area (Å²) in [5.41, 5.74) is 0. The molecule has 1 fully saturated rings. The molecule has 0 aromatic rings. The zero-order valence-corrected chi connectivity index (χ0v) is 14.6. The van der Waals surface area contributed by atoms with Gasteiger partial charge in [-0.05, 0) is 44.6 Å². The Balaban J connectivity index is 1.99. The maximum atomic E-state index is 10.5. The molecular formula is C19H37NO2. The van der Waals surface area contributed by atoms with E-state index in [1.54, 1.807) is 0 Å². The highest BCUT2D eigenvalue weighted by Gasteiger charge is 2.25. The van der Waals surface area contributed by atoms with Crippen LogP contribution < -0.4 is 5.32 Å². The Morgan fingerprint density at radius 1 is 1.00 bits per heavy atom. The van der Waals surface area contributed by atoms with Crippen LogP contribution >= 0.6 is 0 Å². The van der Waals surface area contributed by atoms with E-state index in [0.717, 1.165) is 24.8 Å². The lowest BCUT2D eigenvalue weighted by Gasteiger charge is -2.21. The largest absolute Gasteiger partial charge is 0.481 e. The number of carboxylic acid groups (broad SMARTS) is 1. The van der Waals surface area contributed by atoms with Gasteiger partial charge in [0, 0.05) is 12.5 Å². The molecule has 130 valence electrons. The molecule has 0 aliphatic heterocycles. The second kappa shape index (κ2) is 12.9. The van der Waals surface area contributed by atoms with Crippen LogP contribution in [0.15, 0.2) is 0 Å². The molecule has 0 aromatic carbocycles. The van der Waals surface area contributed by atoms with E-state index in [9.17, 15) is 4.79 Å². The van der Waals surface area contributed by atoms with Gasteiger partial charge in [-0.25, -0.2) is 0 Å². The molecule has 0 aromatic heterocycles. The molecule has 1 rings (SSSR count). The van der Waals surface area contributed by atoms with Crippen molar-refractivity contribution >= 4 is 5.97 Å². The van der Waals surface area contributed by atoms with E-state index in [0.29, 0.717) is 6.42 Å². The normalized spacial score (nSPS) is 21.3. The quantitative estimate of drug-likeness (QED) is 0.437. The average molecular weight is 312 g/mol. The molecule has 2 N–H and O–H groups in total. The van der Waals surface area contributed by atoms with Crippen molar-refractivity contribution in [1.82, 2.24) is 5.32 Å². The smallest absolute Gasteiger partial charge is 0.303 e. The van der Waals surface area contributed by atoms with Crippen molar-refractivity contribution in [1.29, 1.82) is 0 Å². The summed E-state index contributed by atoms with van der Waals surface area (Å²) >= 11 is 0. The topological polar surface area (TPSA) is 49.3 Å². The van der Waals surface area contributed by atoms with Gasteiger partial charge in [-0.2, -0.15) is 0 Å². The fraction of sp³-hybridized carbons (Fsp3) is 0.947. The van der Waals surface area contributed by atoms with E-state index in [2.05, 4.69) is 12.2 Å². The molecule has 0 bridgehead atoms. The standard InChI is InChI=1S/C19H37NO2/c1-2-3-4-7-10-16-20-18-14-11-13-17(18)12-8-5-6-9-15-19(21)22/h17-18,20H,2-16H2,1H3,(H,21,22)/t17-,18?/m0/s1. The molecule has 2 atom stereocenters. The zero-order valence-electron chi connectivity index (χ0n) is 14.6. The van der Waals surface area contributed by atoms with Crippen LogP contribution in [0.1, 0.15) is 96.8 Å². The molecule has 22 heavy (non-hydrogen) atoms. The summed E-state index contributed by atoms with van der Waals surface area (Å²) in [4.78, 5) is 10.5. The zero-order chi connectivity index (χ0) is 16.0. The molecule has 0 saturated heterocycles. The van der Waals surface area contributed by atoms with Gasteiger partial charge < -0.3 is 10.4 Å². The van der Waals surface area contributed by atoms with Crippen molar-refractivity contribution in [3.8, 4) is 0 Å². The van der Waals surface area contributed by atoms with Crippen LogP contribution in [0.3, 0.4) is 0 Å². The molecule has 3 nitrogen and oxygen atoms in total. The Bertz CT molecular complexity index is 281. The molecule has 0 spiro atoms. The van der Waals surface area contributed by atoms with Crippen molar-refractivity contribution in [3.63, 3.8) is 0 Å². The number of aliphatic carboxylic acids is 1. The maximum absolute atomic E-state index is 10.5. The van der Waals surface area contributed by atoms with Crippen LogP contribution in [0.5, 0.6) is 0 Å². The fourth-order valence-corrected chi connectivity index (χ4v) is 3.70. The van der Waals surface area contributed by atoms with Crippen LogP contribution in [0.2, 0.25) is 0 Å². The fourth-order valence-electron chi connectivity index (χ4n) is 3.70.